The van der Waals surface area contributed by atoms with Crippen LogP contribution >= 0.6 is 0 Å². The smallest absolute Gasteiger partial charge is 0.228 e. The van der Waals surface area contributed by atoms with Crippen molar-refractivity contribution >= 4 is 0 Å². The Hall–Kier alpha value is -1.79. The lowest BCUT2D eigenvalue weighted by atomic mass is 10.1. The van der Waals surface area contributed by atoms with Crippen molar-refractivity contribution in [2.45, 2.75) is 18.9 Å². The number of aromatic nitrogens is 2. The van der Waals surface area contributed by atoms with Gasteiger partial charge in [-0.3, -0.25) is 0 Å². The number of hydrogen-bond donors (Lipinski definition) is 1. The molecule has 0 bridgehead atoms. The predicted molar refractivity (Wildman–Crippen MR) is 69.8 cm³/mol. The lowest BCUT2D eigenvalue weighted by Crippen LogP contribution is -2.42. The maximum absolute atomic E-state index is 12.8. The monoisotopic (exact) mass is 277 g/mol. The third-order valence-corrected chi connectivity index (χ3v) is 3.21. The molecule has 106 valence electrons. The van der Waals surface area contributed by atoms with Gasteiger partial charge in [0.1, 0.15) is 5.82 Å². The van der Waals surface area contributed by atoms with Crippen molar-refractivity contribution in [3.05, 3.63) is 47.4 Å². The van der Waals surface area contributed by atoms with Gasteiger partial charge in [0.25, 0.3) is 0 Å². The molecule has 6 heteroatoms. The molecule has 1 aliphatic heterocycles. The Balaban J connectivity index is 1.60. The maximum Gasteiger partial charge on any atom is 0.228 e. The summed E-state index contributed by atoms with van der Waals surface area (Å²) in [6, 6.07) is 6.53. The van der Waals surface area contributed by atoms with Gasteiger partial charge in [0.05, 0.1) is 13.2 Å². The first-order chi connectivity index (χ1) is 9.79. The Morgan fingerprint density at radius 3 is 2.90 bits per heavy atom. The Kier molecular flexibility index (Phi) is 4.03. The molecule has 2 heterocycles. The molecular formula is C14H16FN3O2. The van der Waals surface area contributed by atoms with Gasteiger partial charge in [-0.2, -0.15) is 4.98 Å². The summed E-state index contributed by atoms with van der Waals surface area (Å²) in [6.07, 6.45) is 1.20. The first-order valence-corrected chi connectivity index (χ1v) is 6.66. The lowest BCUT2D eigenvalue weighted by molar-refractivity contribution is 0.0744. The molecule has 0 saturated carbocycles. The zero-order chi connectivity index (χ0) is 13.8. The van der Waals surface area contributed by atoms with Crippen LogP contribution in [0.5, 0.6) is 0 Å². The summed E-state index contributed by atoms with van der Waals surface area (Å²) in [4.78, 5) is 4.35. The highest BCUT2D eigenvalue weighted by molar-refractivity contribution is 5.19. The Labute approximate surface area is 116 Å². The highest BCUT2D eigenvalue weighted by Crippen LogP contribution is 2.10. The summed E-state index contributed by atoms with van der Waals surface area (Å²) in [6.45, 7) is 2.26. The standard InChI is InChI=1S/C14H16FN3O2/c15-11-3-1-10(2-4-11)7-13-17-14(20-18-13)8-12-9-19-6-5-16-12/h1-4,12,16H,5-9H2. The van der Waals surface area contributed by atoms with Crippen molar-refractivity contribution < 1.29 is 13.7 Å². The molecule has 5 nitrogen and oxygen atoms in total. The summed E-state index contributed by atoms with van der Waals surface area (Å²) >= 11 is 0. The molecule has 0 radical (unpaired) electrons. The van der Waals surface area contributed by atoms with Crippen LogP contribution in [0.2, 0.25) is 0 Å². The fraction of sp³-hybridized carbons (Fsp3) is 0.429. The minimum atomic E-state index is -0.245. The number of halogens is 1. The Bertz CT molecular complexity index is 550. The minimum absolute atomic E-state index is 0.225. The molecule has 1 atom stereocenters. The summed E-state index contributed by atoms with van der Waals surface area (Å²) < 4.78 is 23.4. The van der Waals surface area contributed by atoms with Crippen molar-refractivity contribution in [1.82, 2.24) is 15.5 Å². The fourth-order valence-electron chi connectivity index (χ4n) is 2.19. The number of hydrogen-bond acceptors (Lipinski definition) is 5. The molecule has 0 amide bonds. The van der Waals surface area contributed by atoms with Crippen LogP contribution in [0.15, 0.2) is 28.8 Å². The van der Waals surface area contributed by atoms with Crippen molar-refractivity contribution in [3.8, 4) is 0 Å². The van der Waals surface area contributed by atoms with Gasteiger partial charge in [0, 0.05) is 25.4 Å². The highest BCUT2D eigenvalue weighted by Gasteiger charge is 2.17. The minimum Gasteiger partial charge on any atom is -0.378 e. The number of nitrogens with zero attached hydrogens (tertiary/aromatic N) is 2. The second-order valence-corrected chi connectivity index (χ2v) is 4.84. The van der Waals surface area contributed by atoms with E-state index in [2.05, 4.69) is 15.5 Å². The molecule has 1 aromatic heterocycles. The van der Waals surface area contributed by atoms with Crippen LogP contribution in [-0.4, -0.2) is 35.9 Å². The molecule has 1 fully saturated rings. The molecule has 1 N–H and O–H groups in total. The average molecular weight is 277 g/mol. The summed E-state index contributed by atoms with van der Waals surface area (Å²) in [7, 11) is 0. The van der Waals surface area contributed by atoms with Gasteiger partial charge in [0.15, 0.2) is 5.82 Å². The van der Waals surface area contributed by atoms with Gasteiger partial charge in [0.2, 0.25) is 5.89 Å². The first-order valence-electron chi connectivity index (χ1n) is 6.66. The molecule has 1 aromatic carbocycles. The van der Waals surface area contributed by atoms with Crippen molar-refractivity contribution in [3.63, 3.8) is 0 Å². The molecule has 0 aliphatic carbocycles. The zero-order valence-corrected chi connectivity index (χ0v) is 11.0. The van der Waals surface area contributed by atoms with E-state index in [1.807, 2.05) is 0 Å². The zero-order valence-electron chi connectivity index (χ0n) is 11.0. The normalized spacial score (nSPS) is 19.1. The molecule has 2 aromatic rings. The van der Waals surface area contributed by atoms with Crippen LogP contribution in [0, 0.1) is 5.82 Å². The van der Waals surface area contributed by atoms with Gasteiger partial charge in [-0.1, -0.05) is 17.3 Å². The van der Waals surface area contributed by atoms with E-state index in [0.717, 1.165) is 18.7 Å². The van der Waals surface area contributed by atoms with Crippen molar-refractivity contribution in [2.24, 2.45) is 0 Å². The van der Waals surface area contributed by atoms with Crippen molar-refractivity contribution in [2.75, 3.05) is 19.8 Å². The highest BCUT2D eigenvalue weighted by atomic mass is 19.1. The van der Waals surface area contributed by atoms with Gasteiger partial charge >= 0.3 is 0 Å². The largest absolute Gasteiger partial charge is 0.378 e. The molecule has 0 spiro atoms. The van der Waals surface area contributed by atoms with Crippen LogP contribution in [0.3, 0.4) is 0 Å². The molecular weight excluding hydrogens is 261 g/mol. The van der Waals surface area contributed by atoms with Gasteiger partial charge in [-0.05, 0) is 17.7 Å². The number of morpholine rings is 1. The summed E-state index contributed by atoms with van der Waals surface area (Å²) in [5.74, 6) is 0.972. The van der Waals surface area contributed by atoms with Crippen LogP contribution in [0.4, 0.5) is 4.39 Å². The number of benzene rings is 1. The number of ether oxygens (including phenoxy) is 1. The van der Waals surface area contributed by atoms with E-state index in [-0.39, 0.29) is 11.9 Å². The molecule has 1 saturated heterocycles. The van der Waals surface area contributed by atoms with Crippen LogP contribution in [0.25, 0.3) is 0 Å². The molecule has 3 rings (SSSR count). The third-order valence-electron chi connectivity index (χ3n) is 3.21. The average Bonchev–Trinajstić information content (AvgIpc) is 2.90. The van der Waals surface area contributed by atoms with Crippen molar-refractivity contribution in [1.29, 1.82) is 0 Å². The Morgan fingerprint density at radius 1 is 1.30 bits per heavy atom. The van der Waals surface area contributed by atoms with Gasteiger partial charge < -0.3 is 14.6 Å². The Morgan fingerprint density at radius 2 is 2.15 bits per heavy atom. The van der Waals surface area contributed by atoms with Crippen LogP contribution in [0.1, 0.15) is 17.3 Å². The van der Waals surface area contributed by atoms with E-state index >= 15 is 0 Å². The predicted octanol–water partition coefficient (Wildman–Crippen LogP) is 1.33. The fourth-order valence-corrected chi connectivity index (χ4v) is 2.19. The first kappa shape index (κ1) is 13.2. The SMILES string of the molecule is Fc1ccc(Cc2noc(CC3COCCN3)n2)cc1. The summed E-state index contributed by atoms with van der Waals surface area (Å²) in [5, 5.41) is 7.29. The van der Waals surface area contributed by atoms with Gasteiger partial charge in [-0.25, -0.2) is 4.39 Å². The summed E-state index contributed by atoms with van der Waals surface area (Å²) in [5.41, 5.74) is 0.956. The van der Waals surface area contributed by atoms with E-state index < -0.39 is 0 Å². The van der Waals surface area contributed by atoms with Crippen LogP contribution < -0.4 is 5.32 Å². The number of rotatable bonds is 4. The van der Waals surface area contributed by atoms with E-state index in [4.69, 9.17) is 9.26 Å². The molecule has 1 aliphatic rings. The van der Waals surface area contributed by atoms with E-state index in [0.29, 0.717) is 31.2 Å². The number of nitrogens with one attached hydrogen (secondary N) is 1. The van der Waals surface area contributed by atoms with E-state index in [1.165, 1.54) is 12.1 Å². The lowest BCUT2D eigenvalue weighted by Gasteiger charge is -2.22. The second-order valence-electron chi connectivity index (χ2n) is 4.84. The molecule has 20 heavy (non-hydrogen) atoms. The van der Waals surface area contributed by atoms with E-state index in [1.54, 1.807) is 12.1 Å². The van der Waals surface area contributed by atoms with E-state index in [9.17, 15) is 4.39 Å². The van der Waals surface area contributed by atoms with Gasteiger partial charge in [-0.15, -0.1) is 0 Å². The maximum atomic E-state index is 12.8. The third kappa shape index (κ3) is 3.40. The topological polar surface area (TPSA) is 60.2 Å². The van der Waals surface area contributed by atoms with Crippen LogP contribution in [-0.2, 0) is 17.6 Å². The quantitative estimate of drug-likeness (QED) is 0.913. The second kappa shape index (κ2) is 6.11. The molecule has 1 unspecified atom stereocenters.